The molecule has 0 radical (unpaired) electrons. The van der Waals surface area contributed by atoms with Gasteiger partial charge < -0.3 is 9.47 Å². The van der Waals surface area contributed by atoms with E-state index < -0.39 is 0 Å². The third-order valence-electron chi connectivity index (χ3n) is 5.22. The Morgan fingerprint density at radius 3 is 2.47 bits per heavy atom. The first-order valence-corrected chi connectivity index (χ1v) is 11.7. The monoisotopic (exact) mass is 466 g/mol. The van der Waals surface area contributed by atoms with E-state index in [1.54, 1.807) is 29.9 Å². The Bertz CT molecular complexity index is 1360. The van der Waals surface area contributed by atoms with Gasteiger partial charge in [-0.05, 0) is 49.7 Å². The molecule has 4 rings (SSSR count). The van der Waals surface area contributed by atoms with Crippen molar-refractivity contribution in [1.82, 2.24) is 9.55 Å². The first kappa shape index (κ1) is 22.1. The molecule has 0 aliphatic carbocycles. The molecule has 4 aromatic rings. The van der Waals surface area contributed by atoms with Gasteiger partial charge in [-0.25, -0.2) is 4.98 Å². The van der Waals surface area contributed by atoms with Crippen LogP contribution in [0.2, 0.25) is 0 Å². The summed E-state index contributed by atoms with van der Waals surface area (Å²) in [7, 11) is 3.08. The van der Waals surface area contributed by atoms with E-state index in [4.69, 9.17) is 14.5 Å². The molecule has 0 fully saturated rings. The highest BCUT2D eigenvalue weighted by atomic mass is 32.2. The second kappa shape index (κ2) is 9.18. The van der Waals surface area contributed by atoms with Gasteiger partial charge in [0.1, 0.15) is 4.83 Å². The molecule has 2 aromatic carbocycles. The lowest BCUT2D eigenvalue weighted by molar-refractivity contribution is 0.102. The number of thiophene rings is 1. The van der Waals surface area contributed by atoms with Crippen molar-refractivity contribution in [1.29, 1.82) is 0 Å². The van der Waals surface area contributed by atoms with Gasteiger partial charge in [0.15, 0.2) is 22.4 Å². The largest absolute Gasteiger partial charge is 0.493 e. The Balaban J connectivity index is 1.73. The molecule has 8 heteroatoms. The molecular weight excluding hydrogens is 444 g/mol. The van der Waals surface area contributed by atoms with Crippen molar-refractivity contribution in [3.63, 3.8) is 0 Å². The summed E-state index contributed by atoms with van der Waals surface area (Å²) in [5.41, 5.74) is 2.05. The number of rotatable bonds is 7. The van der Waals surface area contributed by atoms with E-state index in [-0.39, 0.29) is 17.1 Å². The number of para-hydroxylation sites is 1. The molecule has 0 bridgehead atoms. The molecule has 2 heterocycles. The number of hydrogen-bond acceptors (Lipinski definition) is 7. The highest BCUT2D eigenvalue weighted by Gasteiger charge is 2.19. The average molecular weight is 467 g/mol. The van der Waals surface area contributed by atoms with E-state index in [9.17, 15) is 9.59 Å². The number of carbonyl (C=O) groups is 1. The molecule has 164 valence electrons. The number of nitrogens with zero attached hydrogens (tertiary/aromatic N) is 2. The van der Waals surface area contributed by atoms with Crippen LogP contribution in [0.15, 0.2) is 58.5 Å². The molecule has 0 spiro atoms. The summed E-state index contributed by atoms with van der Waals surface area (Å²) in [6.07, 6.45) is 0. The molecule has 6 nitrogen and oxygen atoms in total. The number of carbonyl (C=O) groups excluding carboxylic acids is 1. The van der Waals surface area contributed by atoms with Crippen molar-refractivity contribution in [2.45, 2.75) is 19.0 Å². The number of methoxy groups -OCH3 is 2. The Hall–Kier alpha value is -3.10. The molecule has 32 heavy (non-hydrogen) atoms. The van der Waals surface area contributed by atoms with E-state index in [1.807, 2.05) is 44.2 Å². The Morgan fingerprint density at radius 2 is 1.78 bits per heavy atom. The van der Waals surface area contributed by atoms with Gasteiger partial charge in [0.05, 0.1) is 31.0 Å². The van der Waals surface area contributed by atoms with Crippen LogP contribution in [-0.4, -0.2) is 35.3 Å². The van der Waals surface area contributed by atoms with Gasteiger partial charge >= 0.3 is 0 Å². The number of ether oxygens (including phenoxy) is 2. The molecule has 0 atom stereocenters. The quantitative estimate of drug-likeness (QED) is 0.215. The van der Waals surface area contributed by atoms with Crippen LogP contribution >= 0.6 is 23.1 Å². The molecule has 0 saturated carbocycles. The zero-order chi connectivity index (χ0) is 22.8. The first-order chi connectivity index (χ1) is 15.4. The maximum absolute atomic E-state index is 13.5. The second-order valence-electron chi connectivity index (χ2n) is 7.12. The van der Waals surface area contributed by atoms with Crippen molar-refractivity contribution < 1.29 is 14.3 Å². The standard InChI is InChI=1S/C24H22N2O4S2/c1-14-15(2)32-22-21(14)23(28)26(17-8-6-5-7-9-17)24(25-22)31-13-18(27)16-10-11-19(29-3)20(12-16)30-4/h5-12H,13H2,1-4H3. The summed E-state index contributed by atoms with van der Waals surface area (Å²) in [5.74, 6) is 1.09. The predicted molar refractivity (Wildman–Crippen MR) is 129 cm³/mol. The SMILES string of the molecule is COc1ccc(C(=O)CSc2nc3sc(C)c(C)c3c(=O)n2-c2ccccc2)cc1OC. The Morgan fingerprint density at radius 1 is 1.06 bits per heavy atom. The Kier molecular flexibility index (Phi) is 6.34. The summed E-state index contributed by atoms with van der Waals surface area (Å²) in [6, 6.07) is 14.5. The van der Waals surface area contributed by atoms with Crippen molar-refractivity contribution in [2.24, 2.45) is 0 Å². The lowest BCUT2D eigenvalue weighted by Gasteiger charge is -2.12. The minimum absolute atomic E-state index is 0.0940. The molecule has 0 unspecified atom stereocenters. The lowest BCUT2D eigenvalue weighted by atomic mass is 10.1. The topological polar surface area (TPSA) is 70.4 Å². The first-order valence-electron chi connectivity index (χ1n) is 9.90. The summed E-state index contributed by atoms with van der Waals surface area (Å²) < 4.78 is 12.1. The molecule has 0 aliphatic rings. The predicted octanol–water partition coefficient (Wildman–Crippen LogP) is 5.06. The fourth-order valence-corrected chi connectivity index (χ4v) is 5.38. The lowest BCUT2D eigenvalue weighted by Crippen LogP contribution is -2.22. The minimum Gasteiger partial charge on any atom is -0.493 e. The van der Waals surface area contributed by atoms with E-state index in [0.29, 0.717) is 32.4 Å². The van der Waals surface area contributed by atoms with E-state index in [0.717, 1.165) is 16.1 Å². The molecule has 0 amide bonds. The average Bonchev–Trinajstić information content (AvgIpc) is 3.10. The van der Waals surface area contributed by atoms with Crippen LogP contribution in [0.1, 0.15) is 20.8 Å². The molecule has 0 aliphatic heterocycles. The maximum atomic E-state index is 13.5. The highest BCUT2D eigenvalue weighted by molar-refractivity contribution is 7.99. The molecule has 0 N–H and O–H groups in total. The maximum Gasteiger partial charge on any atom is 0.267 e. The second-order valence-corrected chi connectivity index (χ2v) is 9.26. The Labute approximate surface area is 193 Å². The smallest absolute Gasteiger partial charge is 0.267 e. The molecular formula is C24H22N2O4S2. The minimum atomic E-state index is -0.121. The molecule has 0 saturated heterocycles. The number of Topliss-reactive ketones (excluding diaryl/α,β-unsaturated/α-hetero) is 1. The van der Waals surface area contributed by atoms with Crippen LogP contribution in [0, 0.1) is 13.8 Å². The van der Waals surface area contributed by atoms with E-state index in [1.165, 1.54) is 30.2 Å². The number of aromatic nitrogens is 2. The third kappa shape index (κ3) is 4.03. The number of aryl methyl sites for hydroxylation is 2. The van der Waals surface area contributed by atoms with Gasteiger partial charge in [0, 0.05) is 10.4 Å². The van der Waals surface area contributed by atoms with Gasteiger partial charge in [0.25, 0.3) is 5.56 Å². The van der Waals surface area contributed by atoms with Crippen LogP contribution in [0.25, 0.3) is 15.9 Å². The number of thioether (sulfide) groups is 1. The van der Waals surface area contributed by atoms with Gasteiger partial charge in [-0.1, -0.05) is 30.0 Å². The van der Waals surface area contributed by atoms with Gasteiger partial charge in [-0.2, -0.15) is 0 Å². The fourth-order valence-electron chi connectivity index (χ4n) is 3.40. The summed E-state index contributed by atoms with van der Waals surface area (Å²) in [4.78, 5) is 32.9. The van der Waals surface area contributed by atoms with Crippen LogP contribution in [0.4, 0.5) is 0 Å². The zero-order valence-electron chi connectivity index (χ0n) is 18.2. The normalized spacial score (nSPS) is 11.0. The summed E-state index contributed by atoms with van der Waals surface area (Å²) in [5, 5.41) is 1.12. The number of hydrogen-bond donors (Lipinski definition) is 0. The van der Waals surface area contributed by atoms with Crippen LogP contribution < -0.4 is 15.0 Å². The van der Waals surface area contributed by atoms with Crippen molar-refractivity contribution in [2.75, 3.05) is 20.0 Å². The van der Waals surface area contributed by atoms with Crippen LogP contribution in [0.3, 0.4) is 0 Å². The number of fused-ring (bicyclic) bond motifs is 1. The summed E-state index contributed by atoms with van der Waals surface area (Å²) >= 11 is 2.75. The van der Waals surface area contributed by atoms with E-state index >= 15 is 0 Å². The van der Waals surface area contributed by atoms with Gasteiger partial charge in [0.2, 0.25) is 0 Å². The van der Waals surface area contributed by atoms with Crippen LogP contribution in [-0.2, 0) is 0 Å². The van der Waals surface area contributed by atoms with Crippen LogP contribution in [0.5, 0.6) is 11.5 Å². The fraction of sp³-hybridized carbons (Fsp3) is 0.208. The van der Waals surface area contributed by atoms with Gasteiger partial charge in [-0.3, -0.25) is 14.2 Å². The zero-order valence-corrected chi connectivity index (χ0v) is 19.8. The molecule has 2 aromatic heterocycles. The van der Waals surface area contributed by atoms with E-state index in [2.05, 4.69) is 0 Å². The number of ketones is 1. The highest BCUT2D eigenvalue weighted by Crippen LogP contribution is 2.31. The van der Waals surface area contributed by atoms with Crippen molar-refractivity contribution in [3.05, 3.63) is 74.9 Å². The van der Waals surface area contributed by atoms with Crippen molar-refractivity contribution >= 4 is 39.1 Å². The third-order valence-corrected chi connectivity index (χ3v) is 7.26. The van der Waals surface area contributed by atoms with Crippen molar-refractivity contribution in [3.8, 4) is 17.2 Å². The summed E-state index contributed by atoms with van der Waals surface area (Å²) in [6.45, 7) is 3.93. The van der Waals surface area contributed by atoms with Gasteiger partial charge in [-0.15, -0.1) is 11.3 Å². The number of benzene rings is 2.